The molecule has 3 atom stereocenters. The lowest BCUT2D eigenvalue weighted by Crippen LogP contribution is -2.59. The predicted octanol–water partition coefficient (Wildman–Crippen LogP) is 3.36. The molecule has 1 amide bonds. The number of hydrogen-bond acceptors (Lipinski definition) is 3. The Morgan fingerprint density at radius 3 is 2.08 bits per heavy atom. The fourth-order valence-corrected chi connectivity index (χ4v) is 5.36. The summed E-state index contributed by atoms with van der Waals surface area (Å²) in [7, 11) is 0. The third-order valence-electron chi connectivity index (χ3n) is 6.37. The van der Waals surface area contributed by atoms with Crippen molar-refractivity contribution in [2.75, 3.05) is 13.1 Å². The number of nitrogens with one attached hydrogen (secondary N) is 1. The van der Waals surface area contributed by atoms with Gasteiger partial charge in [0.2, 0.25) is 5.91 Å². The lowest BCUT2D eigenvalue weighted by atomic mass is 9.67. The minimum absolute atomic E-state index is 0. The van der Waals surface area contributed by atoms with Gasteiger partial charge >= 0.3 is 0 Å². The highest BCUT2D eigenvalue weighted by Crippen LogP contribution is 2.39. The molecule has 3 aliphatic rings. The van der Waals surface area contributed by atoms with Crippen molar-refractivity contribution in [3.05, 3.63) is 0 Å². The van der Waals surface area contributed by atoms with Gasteiger partial charge in [-0.1, -0.05) is 26.7 Å². The molecule has 0 aromatic rings. The SMILES string of the molecule is CC(C)C(C(=O)NC1C2CCCC1CC(N)C2)N1CCCCC1.Cl.Cl. The van der Waals surface area contributed by atoms with Crippen LogP contribution in [0.4, 0.5) is 0 Å². The maximum atomic E-state index is 13.1. The second kappa shape index (κ2) is 10.3. The van der Waals surface area contributed by atoms with Crippen molar-refractivity contribution < 1.29 is 4.79 Å². The van der Waals surface area contributed by atoms with Crippen LogP contribution < -0.4 is 11.1 Å². The van der Waals surface area contributed by atoms with E-state index in [0.29, 0.717) is 29.8 Å². The number of nitrogens with two attached hydrogens (primary N) is 1. The Bertz CT molecular complexity index is 401. The van der Waals surface area contributed by atoms with Crippen molar-refractivity contribution in [3.63, 3.8) is 0 Å². The molecule has 3 rings (SSSR count). The van der Waals surface area contributed by atoms with E-state index in [-0.39, 0.29) is 36.8 Å². The molecule has 2 aliphatic carbocycles. The van der Waals surface area contributed by atoms with Crippen LogP contribution in [-0.4, -0.2) is 42.0 Å². The average molecular weight is 394 g/mol. The lowest BCUT2D eigenvalue weighted by molar-refractivity contribution is -0.131. The Labute approximate surface area is 165 Å². The fourth-order valence-electron chi connectivity index (χ4n) is 5.36. The van der Waals surface area contributed by atoms with E-state index in [4.69, 9.17) is 5.73 Å². The molecule has 3 N–H and O–H groups in total. The molecule has 2 bridgehead atoms. The van der Waals surface area contributed by atoms with Crippen LogP contribution >= 0.6 is 24.8 Å². The molecule has 0 aromatic carbocycles. The molecule has 1 heterocycles. The molecule has 2 saturated carbocycles. The fraction of sp³-hybridized carbons (Fsp3) is 0.947. The van der Waals surface area contributed by atoms with Crippen molar-refractivity contribution in [2.45, 2.75) is 83.3 Å². The third-order valence-corrected chi connectivity index (χ3v) is 6.37. The largest absolute Gasteiger partial charge is 0.351 e. The second-order valence-electron chi connectivity index (χ2n) is 8.50. The molecule has 1 saturated heterocycles. The summed E-state index contributed by atoms with van der Waals surface area (Å²) >= 11 is 0. The third kappa shape index (κ3) is 5.47. The van der Waals surface area contributed by atoms with E-state index in [2.05, 4.69) is 24.1 Å². The maximum absolute atomic E-state index is 13.1. The number of nitrogens with zero attached hydrogens (tertiary/aromatic N) is 1. The normalized spacial score (nSPS) is 33.8. The van der Waals surface area contributed by atoms with Gasteiger partial charge in [-0.25, -0.2) is 0 Å². The zero-order valence-electron chi connectivity index (χ0n) is 15.8. The number of likely N-dealkylation sites (tertiary alicyclic amines) is 1. The molecule has 1 aliphatic heterocycles. The first-order valence-corrected chi connectivity index (χ1v) is 9.86. The van der Waals surface area contributed by atoms with Crippen LogP contribution in [-0.2, 0) is 4.79 Å². The summed E-state index contributed by atoms with van der Waals surface area (Å²) < 4.78 is 0. The van der Waals surface area contributed by atoms with Gasteiger partial charge in [-0.3, -0.25) is 9.69 Å². The van der Waals surface area contributed by atoms with Crippen molar-refractivity contribution in [1.29, 1.82) is 0 Å². The quantitative estimate of drug-likeness (QED) is 0.769. The highest BCUT2D eigenvalue weighted by Gasteiger charge is 2.41. The highest BCUT2D eigenvalue weighted by atomic mass is 35.5. The van der Waals surface area contributed by atoms with E-state index in [1.54, 1.807) is 0 Å². The minimum Gasteiger partial charge on any atom is -0.351 e. The molecule has 0 spiro atoms. The molecule has 148 valence electrons. The van der Waals surface area contributed by atoms with Gasteiger partial charge in [0.1, 0.15) is 0 Å². The van der Waals surface area contributed by atoms with Crippen LogP contribution in [0.1, 0.15) is 65.2 Å². The van der Waals surface area contributed by atoms with E-state index in [1.807, 2.05) is 0 Å². The summed E-state index contributed by atoms with van der Waals surface area (Å²) in [6.07, 6.45) is 9.77. The zero-order valence-corrected chi connectivity index (χ0v) is 17.4. The van der Waals surface area contributed by atoms with E-state index in [0.717, 1.165) is 25.9 Å². The van der Waals surface area contributed by atoms with E-state index in [9.17, 15) is 4.79 Å². The lowest BCUT2D eigenvalue weighted by Gasteiger charge is -2.46. The van der Waals surface area contributed by atoms with Crippen LogP contribution in [0.15, 0.2) is 0 Å². The molecular formula is C19H37Cl2N3O. The molecule has 0 radical (unpaired) electrons. The van der Waals surface area contributed by atoms with E-state index >= 15 is 0 Å². The van der Waals surface area contributed by atoms with Crippen LogP contribution in [0.3, 0.4) is 0 Å². The maximum Gasteiger partial charge on any atom is 0.237 e. The Kier molecular flexibility index (Phi) is 9.52. The summed E-state index contributed by atoms with van der Waals surface area (Å²) in [5, 5.41) is 3.48. The standard InChI is InChI=1S/C19H35N3O.2ClH/c1-13(2)18(22-9-4-3-5-10-22)19(23)21-17-14-7-6-8-15(17)12-16(20)11-14;;/h13-18H,3-12,20H2,1-2H3,(H,21,23);2*1H. The molecule has 6 heteroatoms. The van der Waals surface area contributed by atoms with Gasteiger partial charge < -0.3 is 11.1 Å². The number of piperidine rings is 1. The number of hydrogen-bond donors (Lipinski definition) is 2. The van der Waals surface area contributed by atoms with Gasteiger partial charge in [0.05, 0.1) is 6.04 Å². The van der Waals surface area contributed by atoms with Gasteiger partial charge in [0.15, 0.2) is 0 Å². The number of halogens is 2. The number of amides is 1. The first kappa shape index (κ1) is 23.0. The Morgan fingerprint density at radius 1 is 1.00 bits per heavy atom. The van der Waals surface area contributed by atoms with Gasteiger partial charge in [0, 0.05) is 12.1 Å². The summed E-state index contributed by atoms with van der Waals surface area (Å²) in [5.74, 6) is 1.87. The molecular weight excluding hydrogens is 357 g/mol. The predicted molar refractivity (Wildman–Crippen MR) is 109 cm³/mol. The first-order chi connectivity index (χ1) is 11.1. The summed E-state index contributed by atoms with van der Waals surface area (Å²) in [6.45, 7) is 6.55. The van der Waals surface area contributed by atoms with Crippen molar-refractivity contribution in [3.8, 4) is 0 Å². The second-order valence-corrected chi connectivity index (χ2v) is 8.50. The molecule has 3 fully saturated rings. The number of fused-ring (bicyclic) bond motifs is 2. The monoisotopic (exact) mass is 393 g/mol. The van der Waals surface area contributed by atoms with Gasteiger partial charge in [0.25, 0.3) is 0 Å². The molecule has 0 aromatic heterocycles. The highest BCUT2D eigenvalue weighted by molar-refractivity contribution is 5.85. The number of rotatable bonds is 4. The van der Waals surface area contributed by atoms with E-state index in [1.165, 1.54) is 38.5 Å². The van der Waals surface area contributed by atoms with E-state index < -0.39 is 0 Å². The van der Waals surface area contributed by atoms with Gasteiger partial charge in [-0.2, -0.15) is 0 Å². The van der Waals surface area contributed by atoms with Crippen LogP contribution in [0.25, 0.3) is 0 Å². The topological polar surface area (TPSA) is 58.4 Å². The summed E-state index contributed by atoms with van der Waals surface area (Å²) in [6, 6.07) is 0.773. The molecule has 25 heavy (non-hydrogen) atoms. The van der Waals surface area contributed by atoms with Crippen molar-refractivity contribution in [1.82, 2.24) is 10.2 Å². The summed E-state index contributed by atoms with van der Waals surface area (Å²) in [5.41, 5.74) is 6.22. The minimum atomic E-state index is 0. The average Bonchev–Trinajstić information content (AvgIpc) is 2.49. The Morgan fingerprint density at radius 2 is 1.56 bits per heavy atom. The van der Waals surface area contributed by atoms with Crippen LogP contribution in [0.5, 0.6) is 0 Å². The molecule has 3 unspecified atom stereocenters. The molecule has 4 nitrogen and oxygen atoms in total. The smallest absolute Gasteiger partial charge is 0.237 e. The Hall–Kier alpha value is -0.0300. The number of carbonyl (C=O) groups excluding carboxylic acids is 1. The van der Waals surface area contributed by atoms with Crippen LogP contribution in [0.2, 0.25) is 0 Å². The number of carbonyl (C=O) groups is 1. The summed E-state index contributed by atoms with van der Waals surface area (Å²) in [4.78, 5) is 15.5. The van der Waals surface area contributed by atoms with Crippen molar-refractivity contribution in [2.24, 2.45) is 23.5 Å². The van der Waals surface area contributed by atoms with Gasteiger partial charge in [-0.05, 0) is 69.4 Å². The zero-order chi connectivity index (χ0) is 16.4. The van der Waals surface area contributed by atoms with Crippen LogP contribution in [0, 0.1) is 17.8 Å². The van der Waals surface area contributed by atoms with Gasteiger partial charge in [-0.15, -0.1) is 24.8 Å². The van der Waals surface area contributed by atoms with Crippen molar-refractivity contribution >= 4 is 30.7 Å². The Balaban J connectivity index is 0.00000156. The first-order valence-electron chi connectivity index (χ1n) is 9.86.